The standard InChI is InChI=1S/C11H14BrNO2/c1-8(14)15-11-4-10(5-11)13-6-9(7-13)2-3-12/h9-11H,4-7H2,1H3/t10-,11+. The van der Waals surface area contributed by atoms with E-state index in [1.165, 1.54) is 6.92 Å². The fourth-order valence-corrected chi connectivity index (χ4v) is 2.47. The Labute approximate surface area is 98.3 Å². The quantitative estimate of drug-likeness (QED) is 0.561. The van der Waals surface area contributed by atoms with Crippen LogP contribution in [0, 0.1) is 16.7 Å². The van der Waals surface area contributed by atoms with E-state index >= 15 is 0 Å². The lowest BCUT2D eigenvalue weighted by Crippen LogP contribution is -2.57. The fraction of sp³-hybridized carbons (Fsp3) is 0.727. The lowest BCUT2D eigenvalue weighted by Gasteiger charge is -2.48. The Bertz CT molecular complexity index is 308. The van der Waals surface area contributed by atoms with Gasteiger partial charge in [0.25, 0.3) is 0 Å². The minimum atomic E-state index is -0.162. The van der Waals surface area contributed by atoms with Gasteiger partial charge in [-0.25, -0.2) is 0 Å². The van der Waals surface area contributed by atoms with Gasteiger partial charge in [0.2, 0.25) is 0 Å². The number of likely N-dealkylation sites (tertiary alicyclic amines) is 1. The molecule has 0 unspecified atom stereocenters. The van der Waals surface area contributed by atoms with Crippen molar-refractivity contribution in [3.8, 4) is 10.8 Å². The summed E-state index contributed by atoms with van der Waals surface area (Å²) in [5, 5.41) is 0. The normalized spacial score (nSPS) is 30.8. The molecule has 82 valence electrons. The summed E-state index contributed by atoms with van der Waals surface area (Å²) >= 11 is 3.11. The van der Waals surface area contributed by atoms with Crippen molar-refractivity contribution in [3.63, 3.8) is 0 Å². The SMILES string of the molecule is CC(=O)O[C@H]1C[C@@H](N2CC(C#CBr)C2)C1. The first-order valence-corrected chi connectivity index (χ1v) is 6.00. The van der Waals surface area contributed by atoms with Crippen LogP contribution in [0.5, 0.6) is 0 Å². The van der Waals surface area contributed by atoms with Gasteiger partial charge in [0.05, 0.1) is 0 Å². The molecule has 15 heavy (non-hydrogen) atoms. The average molecular weight is 272 g/mol. The molecule has 1 heterocycles. The second-order valence-corrected chi connectivity index (χ2v) is 4.64. The van der Waals surface area contributed by atoms with E-state index in [-0.39, 0.29) is 12.1 Å². The molecular formula is C11H14BrNO2. The Morgan fingerprint density at radius 2 is 2.13 bits per heavy atom. The maximum atomic E-state index is 10.7. The van der Waals surface area contributed by atoms with Crippen molar-refractivity contribution >= 4 is 21.9 Å². The second-order valence-electron chi connectivity index (χ2n) is 4.25. The lowest BCUT2D eigenvalue weighted by molar-refractivity contribution is -0.155. The molecule has 0 spiro atoms. The first-order chi connectivity index (χ1) is 7.19. The minimum absolute atomic E-state index is 0.161. The van der Waals surface area contributed by atoms with Gasteiger partial charge in [0.1, 0.15) is 6.10 Å². The van der Waals surface area contributed by atoms with Crippen molar-refractivity contribution in [1.82, 2.24) is 4.90 Å². The number of halogens is 1. The topological polar surface area (TPSA) is 29.5 Å². The van der Waals surface area contributed by atoms with Gasteiger partial charge >= 0.3 is 5.97 Å². The van der Waals surface area contributed by atoms with Gasteiger partial charge in [0, 0.05) is 60.7 Å². The Morgan fingerprint density at radius 1 is 1.47 bits per heavy atom. The number of ether oxygens (including phenoxy) is 1. The molecule has 0 aromatic carbocycles. The summed E-state index contributed by atoms with van der Waals surface area (Å²) in [4.78, 5) is 15.9. The van der Waals surface area contributed by atoms with E-state index < -0.39 is 0 Å². The molecule has 0 amide bonds. The van der Waals surface area contributed by atoms with Crippen molar-refractivity contribution < 1.29 is 9.53 Å². The summed E-state index contributed by atoms with van der Waals surface area (Å²) in [6.07, 6.45) is 2.15. The minimum Gasteiger partial charge on any atom is -0.462 e. The molecule has 0 aromatic rings. The van der Waals surface area contributed by atoms with Crippen LogP contribution in [0.25, 0.3) is 0 Å². The largest absolute Gasteiger partial charge is 0.462 e. The molecule has 0 N–H and O–H groups in total. The number of esters is 1. The highest BCUT2D eigenvalue weighted by molar-refractivity contribution is 9.12. The molecule has 3 nitrogen and oxygen atoms in total. The van der Waals surface area contributed by atoms with Gasteiger partial charge in [-0.1, -0.05) is 5.92 Å². The highest BCUT2D eigenvalue weighted by Crippen LogP contribution is 2.32. The molecule has 1 saturated heterocycles. The van der Waals surface area contributed by atoms with Crippen LogP contribution in [0.1, 0.15) is 19.8 Å². The third-order valence-corrected chi connectivity index (χ3v) is 3.32. The van der Waals surface area contributed by atoms with Crippen LogP contribution < -0.4 is 0 Å². The fourth-order valence-electron chi connectivity index (χ4n) is 2.15. The van der Waals surface area contributed by atoms with Crippen LogP contribution in [-0.2, 0) is 9.53 Å². The Kier molecular flexibility index (Phi) is 3.32. The zero-order valence-electron chi connectivity index (χ0n) is 8.70. The third-order valence-electron chi connectivity index (χ3n) is 3.09. The molecule has 1 aliphatic carbocycles. The van der Waals surface area contributed by atoms with E-state index in [2.05, 4.69) is 31.6 Å². The summed E-state index contributed by atoms with van der Waals surface area (Å²) in [6.45, 7) is 3.60. The van der Waals surface area contributed by atoms with Gasteiger partial charge in [-0.2, -0.15) is 0 Å². The molecule has 0 atom stereocenters. The number of nitrogens with zero attached hydrogens (tertiary/aromatic N) is 1. The molecule has 1 saturated carbocycles. The number of hydrogen-bond acceptors (Lipinski definition) is 3. The molecule has 2 aliphatic rings. The zero-order chi connectivity index (χ0) is 10.8. The molecule has 0 bridgehead atoms. The monoisotopic (exact) mass is 271 g/mol. The van der Waals surface area contributed by atoms with E-state index in [0.717, 1.165) is 25.9 Å². The van der Waals surface area contributed by atoms with Crippen LogP contribution in [0.2, 0.25) is 0 Å². The van der Waals surface area contributed by atoms with Crippen molar-refractivity contribution in [2.75, 3.05) is 13.1 Å². The number of hydrogen-bond donors (Lipinski definition) is 0. The van der Waals surface area contributed by atoms with Gasteiger partial charge in [-0.15, -0.1) is 0 Å². The Balaban J connectivity index is 1.64. The summed E-state index contributed by atoms with van der Waals surface area (Å²) in [5.41, 5.74) is 0. The molecule has 0 radical (unpaired) electrons. The third kappa shape index (κ3) is 2.53. The number of rotatable bonds is 2. The zero-order valence-corrected chi connectivity index (χ0v) is 10.3. The second kappa shape index (κ2) is 4.54. The Morgan fingerprint density at radius 3 is 2.67 bits per heavy atom. The van der Waals surface area contributed by atoms with E-state index in [9.17, 15) is 4.79 Å². The molecule has 1 aliphatic heterocycles. The predicted octanol–water partition coefficient (Wildman–Crippen LogP) is 1.37. The van der Waals surface area contributed by atoms with Gasteiger partial charge < -0.3 is 4.74 Å². The van der Waals surface area contributed by atoms with Gasteiger partial charge in [-0.05, 0) is 4.83 Å². The first-order valence-electron chi connectivity index (χ1n) is 5.21. The summed E-state index contributed by atoms with van der Waals surface area (Å²) in [6, 6.07) is 0.614. The van der Waals surface area contributed by atoms with Crippen molar-refractivity contribution in [2.45, 2.75) is 31.9 Å². The van der Waals surface area contributed by atoms with E-state index in [0.29, 0.717) is 12.0 Å². The predicted molar refractivity (Wildman–Crippen MR) is 60.3 cm³/mol. The first kappa shape index (κ1) is 11.0. The van der Waals surface area contributed by atoms with Crippen molar-refractivity contribution in [2.24, 2.45) is 5.92 Å². The lowest BCUT2D eigenvalue weighted by atomic mass is 9.84. The van der Waals surface area contributed by atoms with Crippen LogP contribution in [0.3, 0.4) is 0 Å². The van der Waals surface area contributed by atoms with Crippen molar-refractivity contribution in [1.29, 1.82) is 0 Å². The smallest absolute Gasteiger partial charge is 0.302 e. The Hall–Kier alpha value is -0.530. The van der Waals surface area contributed by atoms with Gasteiger partial charge in [0.15, 0.2) is 0 Å². The van der Waals surface area contributed by atoms with E-state index in [1.54, 1.807) is 0 Å². The summed E-state index contributed by atoms with van der Waals surface area (Å²) < 4.78 is 5.11. The van der Waals surface area contributed by atoms with E-state index in [1.807, 2.05) is 0 Å². The number of carbonyl (C=O) groups is 1. The van der Waals surface area contributed by atoms with Gasteiger partial charge in [-0.3, -0.25) is 9.69 Å². The number of carbonyl (C=O) groups excluding carboxylic acids is 1. The highest BCUT2D eigenvalue weighted by atomic mass is 79.9. The molecular weight excluding hydrogens is 258 g/mol. The van der Waals surface area contributed by atoms with Crippen LogP contribution in [0.4, 0.5) is 0 Å². The van der Waals surface area contributed by atoms with Crippen molar-refractivity contribution in [3.05, 3.63) is 0 Å². The van der Waals surface area contributed by atoms with E-state index in [4.69, 9.17) is 4.74 Å². The average Bonchev–Trinajstić information content (AvgIpc) is 2.03. The summed E-state index contributed by atoms with van der Waals surface area (Å²) in [7, 11) is 0. The highest BCUT2D eigenvalue weighted by Gasteiger charge is 2.40. The molecule has 0 aromatic heterocycles. The van der Waals surface area contributed by atoms with Crippen LogP contribution >= 0.6 is 15.9 Å². The molecule has 2 rings (SSSR count). The summed E-state index contributed by atoms with van der Waals surface area (Å²) in [5.74, 6) is 3.46. The maximum absolute atomic E-state index is 10.7. The van der Waals surface area contributed by atoms with Crippen LogP contribution in [0.15, 0.2) is 0 Å². The van der Waals surface area contributed by atoms with Crippen LogP contribution in [-0.4, -0.2) is 36.1 Å². The maximum Gasteiger partial charge on any atom is 0.302 e. The molecule has 2 fully saturated rings. The molecule has 4 heteroatoms.